The van der Waals surface area contributed by atoms with Crippen molar-refractivity contribution >= 4 is 6.08 Å². The Labute approximate surface area is 74.1 Å². The van der Waals surface area contributed by atoms with E-state index in [9.17, 15) is 0 Å². The SMILES string of the molecule is Cc1ccc(/C=C/CC(C)C)o1. The highest BCUT2D eigenvalue weighted by Crippen LogP contribution is 2.09. The minimum absolute atomic E-state index is 0.720. The zero-order valence-electron chi connectivity index (χ0n) is 8.00. The van der Waals surface area contributed by atoms with Gasteiger partial charge < -0.3 is 4.42 Å². The molecular weight excluding hydrogens is 148 g/mol. The van der Waals surface area contributed by atoms with E-state index in [0.29, 0.717) is 0 Å². The van der Waals surface area contributed by atoms with E-state index in [4.69, 9.17) is 4.42 Å². The van der Waals surface area contributed by atoms with E-state index < -0.39 is 0 Å². The zero-order valence-corrected chi connectivity index (χ0v) is 8.00. The zero-order chi connectivity index (χ0) is 8.97. The highest BCUT2D eigenvalue weighted by molar-refractivity contribution is 5.42. The third kappa shape index (κ3) is 2.95. The second-order valence-corrected chi connectivity index (χ2v) is 3.48. The van der Waals surface area contributed by atoms with E-state index in [0.717, 1.165) is 23.9 Å². The van der Waals surface area contributed by atoms with Crippen LogP contribution in [0.2, 0.25) is 0 Å². The topological polar surface area (TPSA) is 13.1 Å². The first-order valence-electron chi connectivity index (χ1n) is 4.41. The number of furan rings is 1. The third-order valence-corrected chi connectivity index (χ3v) is 1.65. The summed E-state index contributed by atoms with van der Waals surface area (Å²) >= 11 is 0. The van der Waals surface area contributed by atoms with Crippen LogP contribution >= 0.6 is 0 Å². The summed E-state index contributed by atoms with van der Waals surface area (Å²) in [6, 6.07) is 3.97. The van der Waals surface area contributed by atoms with Crippen LogP contribution in [0.4, 0.5) is 0 Å². The van der Waals surface area contributed by atoms with E-state index >= 15 is 0 Å². The maximum absolute atomic E-state index is 5.38. The van der Waals surface area contributed by atoms with Crippen LogP contribution in [-0.2, 0) is 0 Å². The molecule has 66 valence electrons. The molecule has 1 aromatic heterocycles. The number of hydrogen-bond donors (Lipinski definition) is 0. The Morgan fingerprint density at radius 1 is 1.42 bits per heavy atom. The van der Waals surface area contributed by atoms with Crippen LogP contribution in [0.25, 0.3) is 6.08 Å². The molecule has 0 amide bonds. The minimum atomic E-state index is 0.720. The summed E-state index contributed by atoms with van der Waals surface area (Å²) in [4.78, 5) is 0. The molecule has 0 bridgehead atoms. The van der Waals surface area contributed by atoms with Gasteiger partial charge >= 0.3 is 0 Å². The number of aryl methyl sites for hydroxylation is 1. The maximum Gasteiger partial charge on any atom is 0.126 e. The number of rotatable bonds is 3. The van der Waals surface area contributed by atoms with E-state index in [1.54, 1.807) is 0 Å². The monoisotopic (exact) mass is 164 g/mol. The summed E-state index contributed by atoms with van der Waals surface area (Å²) in [5, 5.41) is 0. The molecule has 0 unspecified atom stereocenters. The quantitative estimate of drug-likeness (QED) is 0.664. The van der Waals surface area contributed by atoms with Crippen LogP contribution < -0.4 is 0 Å². The Morgan fingerprint density at radius 2 is 2.17 bits per heavy atom. The van der Waals surface area contributed by atoms with Crippen LogP contribution in [0.3, 0.4) is 0 Å². The van der Waals surface area contributed by atoms with E-state index in [1.165, 1.54) is 0 Å². The number of hydrogen-bond acceptors (Lipinski definition) is 1. The lowest BCUT2D eigenvalue weighted by Crippen LogP contribution is -1.80. The van der Waals surface area contributed by atoms with Gasteiger partial charge in [-0.3, -0.25) is 0 Å². The molecule has 0 radical (unpaired) electrons. The first-order valence-corrected chi connectivity index (χ1v) is 4.41. The van der Waals surface area contributed by atoms with Gasteiger partial charge in [0.2, 0.25) is 0 Å². The van der Waals surface area contributed by atoms with Gasteiger partial charge in [-0.1, -0.05) is 19.9 Å². The summed E-state index contributed by atoms with van der Waals surface area (Å²) < 4.78 is 5.38. The summed E-state index contributed by atoms with van der Waals surface area (Å²) in [5.41, 5.74) is 0. The molecule has 0 aliphatic heterocycles. The number of allylic oxidation sites excluding steroid dienone is 1. The molecule has 0 saturated heterocycles. The fourth-order valence-electron chi connectivity index (χ4n) is 0.999. The molecule has 0 N–H and O–H groups in total. The van der Waals surface area contributed by atoms with Crippen LogP contribution in [0.15, 0.2) is 22.6 Å². The van der Waals surface area contributed by atoms with Crippen molar-refractivity contribution in [2.45, 2.75) is 27.2 Å². The Balaban J connectivity index is 2.46. The van der Waals surface area contributed by atoms with Gasteiger partial charge in [0.1, 0.15) is 11.5 Å². The molecule has 1 rings (SSSR count). The van der Waals surface area contributed by atoms with Gasteiger partial charge in [-0.05, 0) is 37.5 Å². The van der Waals surface area contributed by atoms with Gasteiger partial charge in [-0.15, -0.1) is 0 Å². The van der Waals surface area contributed by atoms with Crippen molar-refractivity contribution in [2.24, 2.45) is 5.92 Å². The molecule has 0 aliphatic rings. The fraction of sp³-hybridized carbons (Fsp3) is 0.455. The second kappa shape index (κ2) is 4.15. The smallest absolute Gasteiger partial charge is 0.126 e. The van der Waals surface area contributed by atoms with Crippen molar-refractivity contribution in [1.82, 2.24) is 0 Å². The minimum Gasteiger partial charge on any atom is -0.462 e. The first-order chi connectivity index (χ1) is 5.68. The lowest BCUT2D eigenvalue weighted by atomic mass is 10.1. The molecule has 0 aromatic carbocycles. The molecule has 0 atom stereocenters. The summed E-state index contributed by atoms with van der Waals surface area (Å²) in [6.07, 6.45) is 5.30. The summed E-state index contributed by atoms with van der Waals surface area (Å²) in [6.45, 7) is 6.37. The Hall–Kier alpha value is -0.980. The van der Waals surface area contributed by atoms with Gasteiger partial charge in [-0.2, -0.15) is 0 Å². The van der Waals surface area contributed by atoms with Crippen LogP contribution in [-0.4, -0.2) is 0 Å². The van der Waals surface area contributed by atoms with E-state index in [-0.39, 0.29) is 0 Å². The highest BCUT2D eigenvalue weighted by atomic mass is 16.3. The van der Waals surface area contributed by atoms with Crippen LogP contribution in [0.1, 0.15) is 31.8 Å². The van der Waals surface area contributed by atoms with Gasteiger partial charge in [0.05, 0.1) is 0 Å². The van der Waals surface area contributed by atoms with E-state index in [1.807, 2.05) is 25.1 Å². The molecule has 1 aromatic rings. The lowest BCUT2D eigenvalue weighted by Gasteiger charge is -1.95. The van der Waals surface area contributed by atoms with Crippen molar-refractivity contribution in [3.63, 3.8) is 0 Å². The molecular formula is C11H16O. The van der Waals surface area contributed by atoms with Crippen molar-refractivity contribution in [2.75, 3.05) is 0 Å². The second-order valence-electron chi connectivity index (χ2n) is 3.48. The average molecular weight is 164 g/mol. The van der Waals surface area contributed by atoms with Gasteiger partial charge in [0.25, 0.3) is 0 Å². The van der Waals surface area contributed by atoms with Gasteiger partial charge in [0.15, 0.2) is 0 Å². The highest BCUT2D eigenvalue weighted by Gasteiger charge is 1.92. The molecule has 1 heterocycles. The Bertz CT molecular complexity index is 256. The first kappa shape index (κ1) is 9.11. The molecule has 1 heteroatoms. The van der Waals surface area contributed by atoms with Crippen LogP contribution in [0, 0.1) is 12.8 Å². The fourth-order valence-corrected chi connectivity index (χ4v) is 0.999. The van der Waals surface area contributed by atoms with Gasteiger partial charge in [0, 0.05) is 0 Å². The average Bonchev–Trinajstić information content (AvgIpc) is 2.35. The van der Waals surface area contributed by atoms with Crippen molar-refractivity contribution in [3.05, 3.63) is 29.7 Å². The standard InChI is InChI=1S/C11H16O/c1-9(2)5-4-6-11-8-7-10(3)12-11/h4,6-9H,5H2,1-3H3/b6-4+. The van der Waals surface area contributed by atoms with Gasteiger partial charge in [-0.25, -0.2) is 0 Å². The predicted octanol–water partition coefficient (Wildman–Crippen LogP) is 3.65. The lowest BCUT2D eigenvalue weighted by molar-refractivity contribution is 0.524. The van der Waals surface area contributed by atoms with Crippen molar-refractivity contribution in [3.8, 4) is 0 Å². The Kier molecular flexibility index (Phi) is 3.15. The normalized spacial score (nSPS) is 11.7. The molecule has 0 aliphatic carbocycles. The van der Waals surface area contributed by atoms with E-state index in [2.05, 4.69) is 19.9 Å². The maximum atomic E-state index is 5.38. The molecule has 1 nitrogen and oxygen atoms in total. The molecule has 0 saturated carbocycles. The summed E-state index contributed by atoms with van der Waals surface area (Å²) in [7, 11) is 0. The largest absolute Gasteiger partial charge is 0.462 e. The van der Waals surface area contributed by atoms with Crippen molar-refractivity contribution in [1.29, 1.82) is 0 Å². The molecule has 0 spiro atoms. The molecule has 0 fully saturated rings. The Morgan fingerprint density at radius 3 is 2.67 bits per heavy atom. The molecule has 12 heavy (non-hydrogen) atoms. The third-order valence-electron chi connectivity index (χ3n) is 1.65. The summed E-state index contributed by atoms with van der Waals surface area (Å²) in [5.74, 6) is 2.64. The van der Waals surface area contributed by atoms with Crippen molar-refractivity contribution < 1.29 is 4.42 Å². The van der Waals surface area contributed by atoms with Crippen LogP contribution in [0.5, 0.6) is 0 Å². The predicted molar refractivity (Wildman–Crippen MR) is 51.9 cm³/mol.